The van der Waals surface area contributed by atoms with Crippen LogP contribution in [0, 0.1) is 0 Å². The molecular formula is C20H25N3O4S. The Kier molecular flexibility index (Phi) is 7.41. The number of benzene rings is 1. The van der Waals surface area contributed by atoms with E-state index in [-0.39, 0.29) is 12.6 Å². The zero-order chi connectivity index (χ0) is 19.8. The molecule has 1 fully saturated rings. The summed E-state index contributed by atoms with van der Waals surface area (Å²) in [5.41, 5.74) is 2.04. The van der Waals surface area contributed by atoms with Crippen LogP contribution in [0.15, 0.2) is 41.1 Å². The van der Waals surface area contributed by atoms with E-state index >= 15 is 0 Å². The Morgan fingerprint density at radius 2 is 1.86 bits per heavy atom. The minimum Gasteiger partial charge on any atom is -0.497 e. The van der Waals surface area contributed by atoms with E-state index < -0.39 is 11.8 Å². The van der Waals surface area contributed by atoms with Crippen molar-refractivity contribution in [3.63, 3.8) is 0 Å². The van der Waals surface area contributed by atoms with E-state index in [4.69, 9.17) is 9.47 Å². The average Bonchev–Trinajstić information content (AvgIpc) is 3.27. The van der Waals surface area contributed by atoms with Gasteiger partial charge in [-0.25, -0.2) is 0 Å². The lowest BCUT2D eigenvalue weighted by atomic mass is 10.1. The summed E-state index contributed by atoms with van der Waals surface area (Å²) in [7, 11) is 1.60. The molecule has 2 amide bonds. The van der Waals surface area contributed by atoms with E-state index in [1.807, 2.05) is 29.6 Å². The smallest absolute Gasteiger partial charge is 0.309 e. The predicted molar refractivity (Wildman–Crippen MR) is 107 cm³/mol. The molecule has 8 heteroatoms. The Hall–Kier alpha value is -2.42. The number of ether oxygens (including phenoxy) is 2. The molecule has 0 saturated carbocycles. The highest BCUT2D eigenvalue weighted by molar-refractivity contribution is 7.08. The molecule has 0 spiro atoms. The monoisotopic (exact) mass is 403 g/mol. The zero-order valence-electron chi connectivity index (χ0n) is 15.8. The Labute approximate surface area is 168 Å². The average molecular weight is 404 g/mol. The van der Waals surface area contributed by atoms with Gasteiger partial charge in [-0.2, -0.15) is 11.3 Å². The van der Waals surface area contributed by atoms with Gasteiger partial charge < -0.3 is 20.1 Å². The Bertz CT molecular complexity index is 758. The molecular weight excluding hydrogens is 378 g/mol. The fourth-order valence-corrected chi connectivity index (χ4v) is 3.79. The maximum atomic E-state index is 12.2. The third-order valence-electron chi connectivity index (χ3n) is 4.69. The number of hydrogen-bond acceptors (Lipinski definition) is 6. The van der Waals surface area contributed by atoms with Crippen molar-refractivity contribution in [2.24, 2.45) is 0 Å². The van der Waals surface area contributed by atoms with Crippen molar-refractivity contribution in [2.45, 2.75) is 12.6 Å². The zero-order valence-corrected chi connectivity index (χ0v) is 16.7. The van der Waals surface area contributed by atoms with Gasteiger partial charge in [0.1, 0.15) is 5.75 Å². The van der Waals surface area contributed by atoms with Crippen molar-refractivity contribution in [3.8, 4) is 5.75 Å². The van der Waals surface area contributed by atoms with Crippen molar-refractivity contribution in [3.05, 3.63) is 52.2 Å². The van der Waals surface area contributed by atoms with Gasteiger partial charge in [0, 0.05) is 26.2 Å². The SMILES string of the molecule is COc1ccc(CNC(=O)C(=O)NCC(c2ccsc2)N2CCOCC2)cc1. The van der Waals surface area contributed by atoms with E-state index in [1.54, 1.807) is 18.4 Å². The van der Waals surface area contributed by atoms with Gasteiger partial charge in [0.25, 0.3) is 0 Å². The molecule has 1 unspecified atom stereocenters. The highest BCUT2D eigenvalue weighted by Gasteiger charge is 2.24. The molecule has 1 aromatic heterocycles. The van der Waals surface area contributed by atoms with Crippen LogP contribution in [-0.4, -0.2) is 56.7 Å². The summed E-state index contributed by atoms with van der Waals surface area (Å²) in [5.74, 6) is -0.515. The molecule has 0 aliphatic carbocycles. The molecule has 150 valence electrons. The second-order valence-electron chi connectivity index (χ2n) is 6.46. The third kappa shape index (κ3) is 5.54. The van der Waals surface area contributed by atoms with Crippen LogP contribution >= 0.6 is 11.3 Å². The second kappa shape index (κ2) is 10.2. The maximum absolute atomic E-state index is 12.2. The molecule has 3 rings (SSSR count). The van der Waals surface area contributed by atoms with Crippen molar-refractivity contribution >= 4 is 23.2 Å². The van der Waals surface area contributed by atoms with Crippen LogP contribution in [0.2, 0.25) is 0 Å². The first kappa shape index (κ1) is 20.3. The second-order valence-corrected chi connectivity index (χ2v) is 7.24. The van der Waals surface area contributed by atoms with Gasteiger partial charge >= 0.3 is 11.8 Å². The number of nitrogens with one attached hydrogen (secondary N) is 2. The summed E-state index contributed by atoms with van der Waals surface area (Å²) in [4.78, 5) is 26.7. The van der Waals surface area contributed by atoms with E-state index in [0.717, 1.165) is 30.0 Å². The van der Waals surface area contributed by atoms with Gasteiger partial charge in [-0.05, 0) is 40.1 Å². The maximum Gasteiger partial charge on any atom is 0.309 e. The fourth-order valence-electron chi connectivity index (χ4n) is 3.09. The topological polar surface area (TPSA) is 79.9 Å². The number of hydrogen-bond donors (Lipinski definition) is 2. The van der Waals surface area contributed by atoms with Crippen molar-refractivity contribution < 1.29 is 19.1 Å². The fraction of sp³-hybridized carbons (Fsp3) is 0.400. The summed E-state index contributed by atoms with van der Waals surface area (Å²) in [6, 6.07) is 9.42. The van der Waals surface area contributed by atoms with Crippen LogP contribution in [0.25, 0.3) is 0 Å². The quantitative estimate of drug-likeness (QED) is 0.686. The number of nitrogens with zero attached hydrogens (tertiary/aromatic N) is 1. The van der Waals surface area contributed by atoms with Crippen LogP contribution < -0.4 is 15.4 Å². The van der Waals surface area contributed by atoms with Crippen molar-refractivity contribution in [1.29, 1.82) is 0 Å². The van der Waals surface area contributed by atoms with Crippen LogP contribution in [-0.2, 0) is 20.9 Å². The molecule has 2 aromatic rings. The number of morpholine rings is 1. The minimum absolute atomic E-state index is 0.0356. The Balaban J connectivity index is 1.50. The van der Waals surface area contributed by atoms with Gasteiger partial charge in [-0.15, -0.1) is 0 Å². The number of rotatable bonds is 7. The molecule has 2 heterocycles. The lowest BCUT2D eigenvalue weighted by Crippen LogP contribution is -2.46. The van der Waals surface area contributed by atoms with Gasteiger partial charge in [0.05, 0.1) is 26.4 Å². The molecule has 0 bridgehead atoms. The minimum atomic E-state index is -0.637. The number of methoxy groups -OCH3 is 1. The first-order chi connectivity index (χ1) is 13.7. The molecule has 1 aromatic carbocycles. The predicted octanol–water partition coefficient (Wildman–Crippen LogP) is 1.56. The molecule has 1 aliphatic heterocycles. The lowest BCUT2D eigenvalue weighted by molar-refractivity contribution is -0.139. The van der Waals surface area contributed by atoms with Gasteiger partial charge in [0.15, 0.2) is 0 Å². The molecule has 7 nitrogen and oxygen atoms in total. The highest BCUT2D eigenvalue weighted by atomic mass is 32.1. The summed E-state index contributed by atoms with van der Waals surface area (Å²) in [6.07, 6.45) is 0. The summed E-state index contributed by atoms with van der Waals surface area (Å²) in [6.45, 7) is 3.63. The number of carbonyl (C=O) groups is 2. The molecule has 2 N–H and O–H groups in total. The Morgan fingerprint density at radius 1 is 1.14 bits per heavy atom. The van der Waals surface area contributed by atoms with Crippen molar-refractivity contribution in [1.82, 2.24) is 15.5 Å². The van der Waals surface area contributed by atoms with Crippen LogP contribution in [0.1, 0.15) is 17.2 Å². The largest absolute Gasteiger partial charge is 0.497 e. The number of carbonyl (C=O) groups excluding carboxylic acids is 2. The number of thiophene rings is 1. The van der Waals surface area contributed by atoms with Gasteiger partial charge in [-0.3, -0.25) is 14.5 Å². The lowest BCUT2D eigenvalue weighted by Gasteiger charge is -2.34. The molecule has 1 saturated heterocycles. The normalized spacial score (nSPS) is 15.6. The van der Waals surface area contributed by atoms with E-state index in [9.17, 15) is 9.59 Å². The number of amides is 2. The first-order valence-electron chi connectivity index (χ1n) is 9.20. The Morgan fingerprint density at radius 3 is 2.50 bits per heavy atom. The van der Waals surface area contributed by atoms with Crippen LogP contribution in [0.4, 0.5) is 0 Å². The molecule has 28 heavy (non-hydrogen) atoms. The summed E-state index contributed by atoms with van der Waals surface area (Å²) < 4.78 is 10.5. The summed E-state index contributed by atoms with van der Waals surface area (Å²) >= 11 is 1.62. The van der Waals surface area contributed by atoms with Gasteiger partial charge in [-0.1, -0.05) is 12.1 Å². The third-order valence-corrected chi connectivity index (χ3v) is 5.39. The standard InChI is InChI=1S/C20H25N3O4S/c1-26-17-4-2-15(3-5-17)12-21-19(24)20(25)22-13-18(16-6-11-28-14-16)23-7-9-27-10-8-23/h2-6,11,14,18H,7-10,12-13H2,1H3,(H,21,24)(H,22,25). The van der Waals surface area contributed by atoms with Crippen LogP contribution in [0.3, 0.4) is 0 Å². The van der Waals surface area contributed by atoms with Crippen molar-refractivity contribution in [2.75, 3.05) is 40.0 Å². The first-order valence-corrected chi connectivity index (χ1v) is 10.1. The van der Waals surface area contributed by atoms with E-state index in [0.29, 0.717) is 19.8 Å². The van der Waals surface area contributed by atoms with Gasteiger partial charge in [0.2, 0.25) is 0 Å². The molecule has 0 radical (unpaired) electrons. The molecule has 1 aliphatic rings. The summed E-state index contributed by atoms with van der Waals surface area (Å²) in [5, 5.41) is 9.52. The highest BCUT2D eigenvalue weighted by Crippen LogP contribution is 2.23. The van der Waals surface area contributed by atoms with Crippen LogP contribution in [0.5, 0.6) is 5.75 Å². The van der Waals surface area contributed by atoms with E-state index in [1.165, 1.54) is 0 Å². The van der Waals surface area contributed by atoms with E-state index in [2.05, 4.69) is 27.0 Å². The molecule has 1 atom stereocenters.